The summed E-state index contributed by atoms with van der Waals surface area (Å²) < 4.78 is 5.36. The summed E-state index contributed by atoms with van der Waals surface area (Å²) in [4.78, 5) is 24.2. The molecule has 108 valence electrons. The second-order valence-electron chi connectivity index (χ2n) is 5.05. The van der Waals surface area contributed by atoms with Gasteiger partial charge in [-0.05, 0) is 25.3 Å². The molecule has 1 saturated heterocycles. The molecule has 1 aromatic carbocycles. The van der Waals surface area contributed by atoms with E-state index >= 15 is 0 Å². The van der Waals surface area contributed by atoms with Gasteiger partial charge in [-0.2, -0.15) is 0 Å². The van der Waals surface area contributed by atoms with Crippen LogP contribution in [0, 0.1) is 0 Å². The van der Waals surface area contributed by atoms with Crippen molar-refractivity contribution in [2.45, 2.75) is 31.9 Å². The Balaban J connectivity index is 1.82. The number of likely N-dealkylation sites (tertiary alicyclic amines) is 1. The van der Waals surface area contributed by atoms with Gasteiger partial charge in [-0.1, -0.05) is 30.3 Å². The lowest BCUT2D eigenvalue weighted by molar-refractivity contribution is -0.121. The first-order valence-electron chi connectivity index (χ1n) is 6.90. The molecule has 5 nitrogen and oxygen atoms in total. The molecule has 2 atom stereocenters. The number of nitrogens with one attached hydrogen (secondary N) is 1. The first-order chi connectivity index (χ1) is 9.69. The van der Waals surface area contributed by atoms with Gasteiger partial charge in [0.1, 0.15) is 6.10 Å². The van der Waals surface area contributed by atoms with Gasteiger partial charge >= 0.3 is 6.09 Å². The lowest BCUT2D eigenvalue weighted by Crippen LogP contribution is -2.41. The van der Waals surface area contributed by atoms with Crippen LogP contribution in [0.15, 0.2) is 30.3 Å². The zero-order valence-electron chi connectivity index (χ0n) is 11.6. The monoisotopic (exact) mass is 276 g/mol. The van der Waals surface area contributed by atoms with E-state index in [9.17, 15) is 9.59 Å². The van der Waals surface area contributed by atoms with E-state index in [0.29, 0.717) is 6.54 Å². The van der Waals surface area contributed by atoms with Crippen molar-refractivity contribution in [3.8, 4) is 0 Å². The molecule has 1 aliphatic rings. The number of piperidine rings is 1. The number of benzene rings is 1. The lowest BCUT2D eigenvalue weighted by atomic mass is 10.1. The second-order valence-corrected chi connectivity index (χ2v) is 5.05. The van der Waals surface area contributed by atoms with Crippen molar-refractivity contribution >= 4 is 12.5 Å². The average molecular weight is 276 g/mol. The smallest absolute Gasteiger partial charge is 0.407 e. The van der Waals surface area contributed by atoms with Crippen LogP contribution < -0.4 is 5.32 Å². The fraction of sp³-hybridized carbons (Fsp3) is 0.467. The largest absolute Gasteiger partial charge is 0.444 e. The predicted octanol–water partition coefficient (Wildman–Crippen LogP) is 2.09. The molecule has 0 spiro atoms. The Labute approximate surface area is 118 Å². The molecule has 2 unspecified atom stereocenters. The zero-order chi connectivity index (χ0) is 14.4. The molecule has 0 bridgehead atoms. The topological polar surface area (TPSA) is 58.6 Å². The number of rotatable bonds is 4. The Morgan fingerprint density at radius 3 is 2.90 bits per heavy atom. The number of hydrogen-bond donors (Lipinski definition) is 1. The van der Waals surface area contributed by atoms with Gasteiger partial charge in [-0.15, -0.1) is 0 Å². The van der Waals surface area contributed by atoms with Crippen molar-refractivity contribution in [2.24, 2.45) is 0 Å². The van der Waals surface area contributed by atoms with Crippen LogP contribution in [0.2, 0.25) is 0 Å². The van der Waals surface area contributed by atoms with Gasteiger partial charge in [0.2, 0.25) is 6.41 Å². The Bertz CT molecular complexity index is 450. The molecule has 5 heteroatoms. The Hall–Kier alpha value is -2.04. The van der Waals surface area contributed by atoms with Gasteiger partial charge in [0.25, 0.3) is 0 Å². The third-order valence-electron chi connectivity index (χ3n) is 3.47. The molecular weight excluding hydrogens is 256 g/mol. The summed E-state index contributed by atoms with van der Waals surface area (Å²) in [6.45, 7) is 3.14. The van der Waals surface area contributed by atoms with Crippen LogP contribution in [0.4, 0.5) is 4.79 Å². The molecule has 2 rings (SSSR count). The van der Waals surface area contributed by atoms with Crippen LogP contribution in [0.1, 0.15) is 31.4 Å². The molecule has 0 aliphatic carbocycles. The first kappa shape index (κ1) is 14.4. The quantitative estimate of drug-likeness (QED) is 0.857. The molecule has 2 amide bonds. The number of carbonyl (C=O) groups excluding carboxylic acids is 2. The van der Waals surface area contributed by atoms with Crippen LogP contribution in [0.25, 0.3) is 0 Å². The summed E-state index contributed by atoms with van der Waals surface area (Å²) in [5, 5.41) is 2.81. The van der Waals surface area contributed by atoms with Crippen LogP contribution in [0.3, 0.4) is 0 Å². The SMILES string of the molecule is CC(NC(=O)OC1CCCN(C=O)C1)c1ccccc1. The van der Waals surface area contributed by atoms with Crippen molar-refractivity contribution in [1.29, 1.82) is 0 Å². The molecule has 1 aromatic rings. The standard InChI is InChI=1S/C15H20N2O3/c1-12(13-6-3-2-4-7-13)16-15(19)20-14-8-5-9-17(10-14)11-18/h2-4,6-7,11-12,14H,5,8-10H2,1H3,(H,16,19). The minimum atomic E-state index is -0.431. The van der Waals surface area contributed by atoms with Gasteiger partial charge in [0.05, 0.1) is 12.6 Å². The lowest BCUT2D eigenvalue weighted by Gasteiger charge is -2.29. The molecule has 1 aliphatic heterocycles. The number of nitrogens with zero attached hydrogens (tertiary/aromatic N) is 1. The van der Waals surface area contributed by atoms with Crippen molar-refractivity contribution < 1.29 is 14.3 Å². The highest BCUT2D eigenvalue weighted by molar-refractivity contribution is 5.68. The van der Waals surface area contributed by atoms with Gasteiger partial charge in [-0.3, -0.25) is 4.79 Å². The predicted molar refractivity (Wildman–Crippen MR) is 75.1 cm³/mol. The fourth-order valence-corrected chi connectivity index (χ4v) is 2.35. The summed E-state index contributed by atoms with van der Waals surface area (Å²) in [7, 11) is 0. The van der Waals surface area contributed by atoms with Crippen molar-refractivity contribution in [2.75, 3.05) is 13.1 Å². The van der Waals surface area contributed by atoms with Crippen molar-refractivity contribution in [3.63, 3.8) is 0 Å². The normalized spacial score (nSPS) is 20.1. The zero-order valence-corrected chi connectivity index (χ0v) is 11.6. The minimum Gasteiger partial charge on any atom is -0.444 e. The number of hydrogen-bond acceptors (Lipinski definition) is 3. The summed E-state index contributed by atoms with van der Waals surface area (Å²) in [6, 6.07) is 9.61. The third kappa shape index (κ3) is 3.98. The molecule has 1 N–H and O–H groups in total. The van der Waals surface area contributed by atoms with Crippen LogP contribution >= 0.6 is 0 Å². The minimum absolute atomic E-state index is 0.102. The third-order valence-corrected chi connectivity index (χ3v) is 3.47. The number of ether oxygens (including phenoxy) is 1. The molecular formula is C15H20N2O3. The van der Waals surface area contributed by atoms with E-state index in [2.05, 4.69) is 5.32 Å². The molecule has 0 radical (unpaired) electrons. The van der Waals surface area contributed by atoms with E-state index in [1.807, 2.05) is 37.3 Å². The maximum atomic E-state index is 11.8. The summed E-state index contributed by atoms with van der Waals surface area (Å²) in [6.07, 6.45) is 1.83. The Kier molecular flexibility index (Phi) is 4.98. The Morgan fingerprint density at radius 1 is 1.45 bits per heavy atom. The molecule has 1 heterocycles. The molecule has 0 aromatic heterocycles. The summed E-state index contributed by atoms with van der Waals surface area (Å²) in [5.74, 6) is 0. The van der Waals surface area contributed by atoms with E-state index in [-0.39, 0.29) is 12.1 Å². The molecule has 0 saturated carbocycles. The molecule has 20 heavy (non-hydrogen) atoms. The van der Waals surface area contributed by atoms with E-state index in [1.54, 1.807) is 4.90 Å². The van der Waals surface area contributed by atoms with E-state index in [4.69, 9.17) is 4.74 Å². The number of carbonyl (C=O) groups is 2. The van der Waals surface area contributed by atoms with Crippen LogP contribution in [-0.4, -0.2) is 36.6 Å². The van der Waals surface area contributed by atoms with Crippen molar-refractivity contribution in [3.05, 3.63) is 35.9 Å². The highest BCUT2D eigenvalue weighted by Crippen LogP contribution is 2.14. The first-order valence-corrected chi connectivity index (χ1v) is 6.90. The van der Waals surface area contributed by atoms with Gasteiger partial charge in [0, 0.05) is 6.54 Å². The Morgan fingerprint density at radius 2 is 2.20 bits per heavy atom. The summed E-state index contributed by atoms with van der Waals surface area (Å²) >= 11 is 0. The maximum Gasteiger partial charge on any atom is 0.407 e. The van der Waals surface area contributed by atoms with Gasteiger partial charge in [0.15, 0.2) is 0 Å². The van der Waals surface area contributed by atoms with E-state index in [1.165, 1.54) is 0 Å². The van der Waals surface area contributed by atoms with E-state index < -0.39 is 6.09 Å². The second kappa shape index (κ2) is 6.93. The van der Waals surface area contributed by atoms with Crippen LogP contribution in [-0.2, 0) is 9.53 Å². The number of alkyl carbamates (subject to hydrolysis) is 1. The average Bonchev–Trinajstić information content (AvgIpc) is 2.48. The van der Waals surface area contributed by atoms with Gasteiger partial charge in [-0.25, -0.2) is 4.79 Å². The summed E-state index contributed by atoms with van der Waals surface area (Å²) in [5.41, 5.74) is 1.03. The fourth-order valence-electron chi connectivity index (χ4n) is 2.35. The van der Waals surface area contributed by atoms with Crippen LogP contribution in [0.5, 0.6) is 0 Å². The highest BCUT2D eigenvalue weighted by Gasteiger charge is 2.22. The highest BCUT2D eigenvalue weighted by atomic mass is 16.6. The van der Waals surface area contributed by atoms with Gasteiger partial charge < -0.3 is 15.0 Å². The number of amides is 2. The maximum absolute atomic E-state index is 11.8. The van der Waals surface area contributed by atoms with Crippen molar-refractivity contribution in [1.82, 2.24) is 10.2 Å². The van der Waals surface area contributed by atoms with E-state index in [0.717, 1.165) is 31.4 Å². The molecule has 1 fully saturated rings.